The summed E-state index contributed by atoms with van der Waals surface area (Å²) in [5, 5.41) is 0. The molecule has 1 N–H and O–H groups in total. The van der Waals surface area contributed by atoms with Crippen molar-refractivity contribution in [2.75, 3.05) is 0 Å². The van der Waals surface area contributed by atoms with E-state index in [4.69, 9.17) is 4.74 Å². The van der Waals surface area contributed by atoms with Crippen LogP contribution in [0.25, 0.3) is 0 Å². The molecule has 0 unspecified atom stereocenters. The lowest BCUT2D eigenvalue weighted by Crippen LogP contribution is -2.44. The standard InChI is InChI=1S/C21H27NO3S/c1-4-21(5-2)14-19(18-8-6-7-9-20(18)25-21)22-26(23,24)15-17-12-10-16(3)11-13-17/h6-13,19,22H,4-5,14-15H2,1-3H3/t19-/m1/s1. The predicted molar refractivity (Wildman–Crippen MR) is 105 cm³/mol. The van der Waals surface area contributed by atoms with Crippen LogP contribution in [0.2, 0.25) is 0 Å². The molecule has 3 rings (SSSR count). The van der Waals surface area contributed by atoms with E-state index in [1.165, 1.54) is 0 Å². The first-order chi connectivity index (χ1) is 12.4. The molecule has 0 saturated carbocycles. The lowest BCUT2D eigenvalue weighted by Gasteiger charge is -2.41. The van der Waals surface area contributed by atoms with Gasteiger partial charge in [-0.25, -0.2) is 13.1 Å². The molecule has 5 heteroatoms. The Morgan fingerprint density at radius 1 is 1.08 bits per heavy atom. The Morgan fingerprint density at radius 3 is 2.38 bits per heavy atom. The smallest absolute Gasteiger partial charge is 0.216 e. The second kappa shape index (κ2) is 7.41. The number of nitrogens with one attached hydrogen (secondary N) is 1. The van der Waals surface area contributed by atoms with E-state index in [2.05, 4.69) is 18.6 Å². The molecule has 1 aliphatic rings. The van der Waals surface area contributed by atoms with Crippen molar-refractivity contribution in [3.8, 4) is 5.75 Å². The van der Waals surface area contributed by atoms with Crippen LogP contribution >= 0.6 is 0 Å². The van der Waals surface area contributed by atoms with Crippen molar-refractivity contribution in [3.05, 3.63) is 65.2 Å². The summed E-state index contributed by atoms with van der Waals surface area (Å²) in [6, 6.07) is 15.1. The highest BCUT2D eigenvalue weighted by Crippen LogP contribution is 2.42. The van der Waals surface area contributed by atoms with Gasteiger partial charge in [-0.15, -0.1) is 0 Å². The average molecular weight is 374 g/mol. The van der Waals surface area contributed by atoms with Crippen LogP contribution in [0.15, 0.2) is 48.5 Å². The molecule has 0 fully saturated rings. The molecule has 140 valence electrons. The Balaban J connectivity index is 1.86. The summed E-state index contributed by atoms with van der Waals surface area (Å²) < 4.78 is 34.8. The van der Waals surface area contributed by atoms with Gasteiger partial charge in [-0.05, 0) is 31.4 Å². The minimum absolute atomic E-state index is 0.0158. The van der Waals surface area contributed by atoms with Crippen LogP contribution in [0.3, 0.4) is 0 Å². The van der Waals surface area contributed by atoms with Crippen molar-refractivity contribution in [2.24, 2.45) is 0 Å². The number of para-hydroxylation sites is 1. The average Bonchev–Trinajstić information content (AvgIpc) is 2.63. The summed E-state index contributed by atoms with van der Waals surface area (Å²) in [5.74, 6) is 0.767. The molecule has 26 heavy (non-hydrogen) atoms. The molecule has 1 aliphatic heterocycles. The minimum Gasteiger partial charge on any atom is -0.487 e. The van der Waals surface area contributed by atoms with E-state index < -0.39 is 10.0 Å². The maximum absolute atomic E-state index is 12.8. The number of rotatable bonds is 6. The van der Waals surface area contributed by atoms with Gasteiger partial charge in [-0.3, -0.25) is 0 Å². The number of ether oxygens (including phenoxy) is 1. The number of hydrogen-bond donors (Lipinski definition) is 1. The Kier molecular flexibility index (Phi) is 5.39. The largest absolute Gasteiger partial charge is 0.487 e. The maximum Gasteiger partial charge on any atom is 0.216 e. The summed E-state index contributed by atoms with van der Waals surface area (Å²) in [6.07, 6.45) is 2.33. The Hall–Kier alpha value is -1.85. The molecule has 0 amide bonds. The molecular formula is C21H27NO3S. The Bertz CT molecular complexity index is 855. The van der Waals surface area contributed by atoms with E-state index in [0.717, 1.165) is 35.3 Å². The quantitative estimate of drug-likeness (QED) is 0.811. The van der Waals surface area contributed by atoms with Crippen LogP contribution in [0.5, 0.6) is 5.75 Å². The fraction of sp³-hybridized carbons (Fsp3) is 0.429. The molecule has 0 spiro atoms. The van der Waals surface area contributed by atoms with Crippen molar-refractivity contribution in [1.82, 2.24) is 4.72 Å². The van der Waals surface area contributed by atoms with Gasteiger partial charge < -0.3 is 4.74 Å². The van der Waals surface area contributed by atoms with Gasteiger partial charge in [0.2, 0.25) is 10.0 Å². The highest BCUT2D eigenvalue weighted by Gasteiger charge is 2.39. The first-order valence-electron chi connectivity index (χ1n) is 9.20. The van der Waals surface area contributed by atoms with Crippen LogP contribution in [0.4, 0.5) is 0 Å². The molecule has 4 nitrogen and oxygen atoms in total. The van der Waals surface area contributed by atoms with Gasteiger partial charge in [0, 0.05) is 12.0 Å². The summed E-state index contributed by atoms with van der Waals surface area (Å²) in [5.41, 5.74) is 2.50. The van der Waals surface area contributed by atoms with Crippen LogP contribution in [0.1, 0.15) is 55.8 Å². The van der Waals surface area contributed by atoms with Crippen molar-refractivity contribution >= 4 is 10.0 Å². The maximum atomic E-state index is 12.8. The topological polar surface area (TPSA) is 55.4 Å². The van der Waals surface area contributed by atoms with E-state index in [0.29, 0.717) is 6.42 Å². The van der Waals surface area contributed by atoms with Gasteiger partial charge >= 0.3 is 0 Å². The van der Waals surface area contributed by atoms with Crippen molar-refractivity contribution < 1.29 is 13.2 Å². The van der Waals surface area contributed by atoms with E-state index in [9.17, 15) is 8.42 Å². The van der Waals surface area contributed by atoms with Gasteiger partial charge in [0.15, 0.2) is 0 Å². The Morgan fingerprint density at radius 2 is 1.73 bits per heavy atom. The number of hydrogen-bond acceptors (Lipinski definition) is 3. The predicted octanol–water partition coefficient (Wildman–Crippen LogP) is 4.50. The van der Waals surface area contributed by atoms with Gasteiger partial charge in [-0.1, -0.05) is 61.9 Å². The molecular weight excluding hydrogens is 346 g/mol. The highest BCUT2D eigenvalue weighted by molar-refractivity contribution is 7.88. The van der Waals surface area contributed by atoms with E-state index in [-0.39, 0.29) is 17.4 Å². The molecule has 1 heterocycles. The van der Waals surface area contributed by atoms with Crippen LogP contribution < -0.4 is 9.46 Å². The summed E-state index contributed by atoms with van der Waals surface area (Å²) in [7, 11) is -3.46. The first-order valence-corrected chi connectivity index (χ1v) is 10.8. The van der Waals surface area contributed by atoms with Crippen LogP contribution in [-0.2, 0) is 15.8 Å². The fourth-order valence-electron chi connectivity index (χ4n) is 3.57. The number of sulfonamides is 1. The Labute approximate surface area is 156 Å². The first kappa shape index (κ1) is 18.9. The zero-order chi connectivity index (χ0) is 18.8. The highest BCUT2D eigenvalue weighted by atomic mass is 32.2. The van der Waals surface area contributed by atoms with E-state index >= 15 is 0 Å². The molecule has 1 atom stereocenters. The number of fused-ring (bicyclic) bond motifs is 1. The monoisotopic (exact) mass is 373 g/mol. The molecule has 0 aliphatic carbocycles. The second-order valence-electron chi connectivity index (χ2n) is 7.15. The van der Waals surface area contributed by atoms with E-state index in [1.54, 1.807) is 0 Å². The number of benzene rings is 2. The molecule has 2 aromatic carbocycles. The summed E-state index contributed by atoms with van der Waals surface area (Å²) >= 11 is 0. The molecule has 2 aromatic rings. The lowest BCUT2D eigenvalue weighted by molar-refractivity contribution is 0.0260. The minimum atomic E-state index is -3.46. The SMILES string of the molecule is CCC1(CC)C[C@@H](NS(=O)(=O)Cc2ccc(C)cc2)c2ccccc2O1. The molecule has 0 bridgehead atoms. The summed E-state index contributed by atoms with van der Waals surface area (Å²) in [4.78, 5) is 0. The van der Waals surface area contributed by atoms with Crippen molar-refractivity contribution in [3.63, 3.8) is 0 Å². The van der Waals surface area contributed by atoms with E-state index in [1.807, 2.05) is 55.5 Å². The summed E-state index contributed by atoms with van der Waals surface area (Å²) in [6.45, 7) is 6.18. The van der Waals surface area contributed by atoms with Crippen LogP contribution in [0, 0.1) is 6.92 Å². The van der Waals surface area contributed by atoms with Gasteiger partial charge in [-0.2, -0.15) is 0 Å². The second-order valence-corrected chi connectivity index (χ2v) is 8.90. The molecule has 0 aromatic heterocycles. The fourth-order valence-corrected chi connectivity index (χ4v) is 4.93. The van der Waals surface area contributed by atoms with Crippen molar-refractivity contribution in [1.29, 1.82) is 0 Å². The van der Waals surface area contributed by atoms with Crippen LogP contribution in [-0.4, -0.2) is 14.0 Å². The third-order valence-electron chi connectivity index (χ3n) is 5.28. The van der Waals surface area contributed by atoms with Gasteiger partial charge in [0.05, 0.1) is 11.8 Å². The molecule has 0 saturated heterocycles. The third kappa shape index (κ3) is 4.10. The van der Waals surface area contributed by atoms with Gasteiger partial charge in [0.25, 0.3) is 0 Å². The normalized spacial score (nSPS) is 18.8. The zero-order valence-corrected chi connectivity index (χ0v) is 16.5. The van der Waals surface area contributed by atoms with Crippen molar-refractivity contribution in [2.45, 2.75) is 57.4 Å². The number of aryl methyl sites for hydroxylation is 1. The van der Waals surface area contributed by atoms with Gasteiger partial charge in [0.1, 0.15) is 11.4 Å². The zero-order valence-electron chi connectivity index (χ0n) is 15.7. The lowest BCUT2D eigenvalue weighted by atomic mass is 9.84. The molecule has 0 radical (unpaired) electrons. The third-order valence-corrected chi connectivity index (χ3v) is 6.64.